The standard InChI is InChI=1S/C24H17N3O4/c28-23-21-19-15-5-1-3-7-17(15)20(18-8-4-2-6-16(18)19)22(21)24(29)26(25-23)13-9-11-14(12-10-13)27(30)31/h1-12,19-22H,(H,25,28)/t19?,20?,21-,22+/m0/s1. The summed E-state index contributed by atoms with van der Waals surface area (Å²) in [6.07, 6.45) is 0. The second kappa shape index (κ2) is 6.25. The smallest absolute Gasteiger partial charge is 0.269 e. The van der Waals surface area contributed by atoms with Gasteiger partial charge in [0.05, 0.1) is 22.4 Å². The lowest BCUT2D eigenvalue weighted by molar-refractivity contribution is -0.384. The fraction of sp³-hybridized carbons (Fsp3) is 0.167. The van der Waals surface area contributed by atoms with Gasteiger partial charge in [-0.3, -0.25) is 25.1 Å². The zero-order chi connectivity index (χ0) is 21.3. The van der Waals surface area contributed by atoms with Crippen molar-refractivity contribution in [2.24, 2.45) is 11.8 Å². The molecule has 2 atom stereocenters. The van der Waals surface area contributed by atoms with E-state index in [-0.39, 0.29) is 29.3 Å². The molecule has 4 aliphatic rings. The summed E-state index contributed by atoms with van der Waals surface area (Å²) in [4.78, 5) is 37.5. The third kappa shape index (κ3) is 2.34. The molecule has 152 valence electrons. The molecule has 1 fully saturated rings. The van der Waals surface area contributed by atoms with Crippen LogP contribution in [0.1, 0.15) is 34.1 Å². The van der Waals surface area contributed by atoms with E-state index in [2.05, 4.69) is 29.7 Å². The Labute approximate surface area is 177 Å². The highest BCUT2D eigenvalue weighted by molar-refractivity contribution is 6.06. The summed E-state index contributed by atoms with van der Waals surface area (Å²) >= 11 is 0. The predicted molar refractivity (Wildman–Crippen MR) is 112 cm³/mol. The maximum atomic E-state index is 13.7. The van der Waals surface area contributed by atoms with E-state index in [0.29, 0.717) is 5.69 Å². The van der Waals surface area contributed by atoms with Crippen molar-refractivity contribution in [3.05, 3.63) is 105 Å². The first-order valence-electron chi connectivity index (χ1n) is 10.1. The molecule has 3 aliphatic carbocycles. The normalized spacial score (nSPS) is 25.4. The Balaban J connectivity index is 1.49. The number of hydrogen-bond donors (Lipinski definition) is 1. The van der Waals surface area contributed by atoms with Gasteiger partial charge in [-0.05, 0) is 34.4 Å². The number of carbonyl (C=O) groups is 2. The lowest BCUT2D eigenvalue weighted by Crippen LogP contribution is -2.64. The number of anilines is 1. The van der Waals surface area contributed by atoms with Crippen LogP contribution in [0.5, 0.6) is 0 Å². The van der Waals surface area contributed by atoms with Crippen molar-refractivity contribution in [3.63, 3.8) is 0 Å². The molecular weight excluding hydrogens is 394 g/mol. The van der Waals surface area contributed by atoms with E-state index >= 15 is 0 Å². The van der Waals surface area contributed by atoms with Gasteiger partial charge < -0.3 is 0 Å². The Bertz CT molecular complexity index is 1220. The van der Waals surface area contributed by atoms with Crippen molar-refractivity contribution in [1.82, 2.24) is 5.43 Å². The van der Waals surface area contributed by atoms with Gasteiger partial charge in [-0.15, -0.1) is 0 Å². The Morgan fingerprint density at radius 1 is 0.742 bits per heavy atom. The number of carbonyl (C=O) groups excluding carboxylic acids is 2. The number of rotatable bonds is 2. The SMILES string of the molecule is O=C1NN(c2ccc([N+](=O)[O-])cc2)C(=O)[C@@H]2C3c4ccccc4C(c4ccccc43)[C@H]12. The zero-order valence-corrected chi connectivity index (χ0v) is 16.3. The van der Waals surface area contributed by atoms with Crippen LogP contribution in [0.15, 0.2) is 72.8 Å². The molecule has 31 heavy (non-hydrogen) atoms. The quantitative estimate of drug-likeness (QED) is 0.516. The molecule has 0 aromatic heterocycles. The first kappa shape index (κ1) is 17.8. The molecule has 0 unspecified atom stereocenters. The van der Waals surface area contributed by atoms with Crippen LogP contribution < -0.4 is 10.4 Å². The molecule has 3 aromatic carbocycles. The van der Waals surface area contributed by atoms with Gasteiger partial charge >= 0.3 is 0 Å². The Kier molecular flexibility index (Phi) is 3.59. The Morgan fingerprint density at radius 3 is 1.71 bits per heavy atom. The van der Waals surface area contributed by atoms with Crippen LogP contribution in [0.2, 0.25) is 0 Å². The highest BCUT2D eigenvalue weighted by Crippen LogP contribution is 2.59. The predicted octanol–water partition coefficient (Wildman–Crippen LogP) is 3.50. The van der Waals surface area contributed by atoms with E-state index in [9.17, 15) is 19.7 Å². The average molecular weight is 411 g/mol. The molecule has 2 amide bonds. The van der Waals surface area contributed by atoms with Gasteiger partial charge in [0.15, 0.2) is 0 Å². The summed E-state index contributed by atoms with van der Waals surface area (Å²) in [7, 11) is 0. The van der Waals surface area contributed by atoms with Crippen molar-refractivity contribution >= 4 is 23.2 Å². The van der Waals surface area contributed by atoms with Gasteiger partial charge in [-0.2, -0.15) is 0 Å². The lowest BCUT2D eigenvalue weighted by Gasteiger charge is -2.52. The number of amides is 2. The van der Waals surface area contributed by atoms with Gasteiger partial charge in [0.2, 0.25) is 5.91 Å². The Hall–Kier alpha value is -4.00. The summed E-state index contributed by atoms with van der Waals surface area (Å²) in [5, 5.41) is 12.2. The minimum absolute atomic E-state index is 0.0722. The van der Waals surface area contributed by atoms with Gasteiger partial charge in [0.25, 0.3) is 11.6 Å². The van der Waals surface area contributed by atoms with Crippen molar-refractivity contribution in [3.8, 4) is 0 Å². The first-order chi connectivity index (χ1) is 15.1. The van der Waals surface area contributed by atoms with Crippen LogP contribution in [0, 0.1) is 22.0 Å². The number of nitrogens with zero attached hydrogens (tertiary/aromatic N) is 2. The summed E-state index contributed by atoms with van der Waals surface area (Å²) in [5.41, 5.74) is 7.50. The van der Waals surface area contributed by atoms with Crippen LogP contribution >= 0.6 is 0 Å². The van der Waals surface area contributed by atoms with Crippen LogP contribution in [0.3, 0.4) is 0 Å². The van der Waals surface area contributed by atoms with Crippen LogP contribution in [-0.2, 0) is 9.59 Å². The van der Waals surface area contributed by atoms with Crippen molar-refractivity contribution in [1.29, 1.82) is 0 Å². The number of nitrogens with one attached hydrogen (secondary N) is 1. The zero-order valence-electron chi connectivity index (χ0n) is 16.3. The van der Waals surface area contributed by atoms with Crippen LogP contribution in [0.25, 0.3) is 0 Å². The second-order valence-corrected chi connectivity index (χ2v) is 8.19. The van der Waals surface area contributed by atoms with Crippen molar-refractivity contribution in [2.45, 2.75) is 11.8 Å². The van der Waals surface area contributed by atoms with E-state index in [1.165, 1.54) is 29.3 Å². The maximum absolute atomic E-state index is 13.7. The highest BCUT2D eigenvalue weighted by atomic mass is 16.6. The van der Waals surface area contributed by atoms with E-state index in [0.717, 1.165) is 22.3 Å². The monoisotopic (exact) mass is 411 g/mol. The summed E-state index contributed by atoms with van der Waals surface area (Å²) in [5.74, 6) is -1.80. The number of non-ortho nitro benzene ring substituents is 1. The Morgan fingerprint density at radius 2 is 1.23 bits per heavy atom. The number of hydrogen-bond acceptors (Lipinski definition) is 4. The number of hydrazine groups is 1. The number of benzene rings is 3. The number of nitro benzene ring substituents is 1. The number of nitro groups is 1. The molecule has 0 radical (unpaired) electrons. The van der Waals surface area contributed by atoms with E-state index in [1.54, 1.807) is 0 Å². The molecule has 1 aliphatic heterocycles. The minimum Gasteiger partial charge on any atom is -0.273 e. The highest BCUT2D eigenvalue weighted by Gasteiger charge is 2.58. The van der Waals surface area contributed by atoms with Gasteiger partial charge in [0, 0.05) is 24.0 Å². The molecule has 7 rings (SSSR count). The minimum atomic E-state index is -0.529. The molecule has 3 aromatic rings. The molecule has 2 bridgehead atoms. The fourth-order valence-electron chi connectivity index (χ4n) is 5.59. The average Bonchev–Trinajstić information content (AvgIpc) is 2.81. The molecule has 0 spiro atoms. The van der Waals surface area contributed by atoms with Gasteiger partial charge in [-0.1, -0.05) is 48.5 Å². The molecule has 1 saturated heterocycles. The van der Waals surface area contributed by atoms with Crippen molar-refractivity contribution < 1.29 is 14.5 Å². The molecule has 0 saturated carbocycles. The van der Waals surface area contributed by atoms with Crippen molar-refractivity contribution in [2.75, 3.05) is 5.01 Å². The third-order valence-corrected chi connectivity index (χ3v) is 6.79. The van der Waals surface area contributed by atoms with Gasteiger partial charge in [-0.25, -0.2) is 5.01 Å². The lowest BCUT2D eigenvalue weighted by atomic mass is 9.53. The van der Waals surface area contributed by atoms with Crippen LogP contribution in [-0.4, -0.2) is 16.7 Å². The topological polar surface area (TPSA) is 92.6 Å². The van der Waals surface area contributed by atoms with E-state index in [1.807, 2.05) is 24.3 Å². The maximum Gasteiger partial charge on any atom is 0.269 e. The fourth-order valence-corrected chi connectivity index (χ4v) is 5.59. The molecule has 7 heteroatoms. The van der Waals surface area contributed by atoms with E-state index in [4.69, 9.17) is 0 Å². The van der Waals surface area contributed by atoms with Gasteiger partial charge in [0.1, 0.15) is 0 Å². The summed E-state index contributed by atoms with van der Waals surface area (Å²) in [6.45, 7) is 0. The largest absolute Gasteiger partial charge is 0.273 e. The molecule has 1 N–H and O–H groups in total. The second-order valence-electron chi connectivity index (χ2n) is 8.19. The summed E-state index contributed by atoms with van der Waals surface area (Å²) in [6, 6.07) is 21.7. The molecule has 1 heterocycles. The summed E-state index contributed by atoms with van der Waals surface area (Å²) < 4.78 is 0. The first-order valence-corrected chi connectivity index (χ1v) is 10.1. The van der Waals surface area contributed by atoms with Crippen LogP contribution in [0.4, 0.5) is 11.4 Å². The third-order valence-electron chi connectivity index (χ3n) is 6.79. The molecule has 7 nitrogen and oxygen atoms in total. The van der Waals surface area contributed by atoms with E-state index < -0.39 is 16.8 Å². The molecular formula is C24H17N3O4.